The van der Waals surface area contributed by atoms with Gasteiger partial charge in [-0.05, 0) is 32.9 Å². The van der Waals surface area contributed by atoms with E-state index in [4.69, 9.17) is 8.85 Å². The number of benzene rings is 1. The molecule has 0 atom stereocenters. The van der Waals surface area contributed by atoms with E-state index in [1.54, 1.807) is 0 Å². The zero-order valence-electron chi connectivity index (χ0n) is 11.7. The summed E-state index contributed by atoms with van der Waals surface area (Å²) < 4.78 is 11.9. The van der Waals surface area contributed by atoms with Crippen LogP contribution in [0.15, 0.2) is 30.3 Å². The zero-order valence-corrected chi connectivity index (χ0v) is 16.2. The van der Waals surface area contributed by atoms with Crippen molar-refractivity contribution in [2.45, 2.75) is 39.9 Å². The molecule has 0 fully saturated rings. The van der Waals surface area contributed by atoms with Gasteiger partial charge in [0.2, 0.25) is 8.56 Å². The number of hydrogen-bond donors (Lipinski definition) is 0. The van der Waals surface area contributed by atoms with Gasteiger partial charge < -0.3 is 32.8 Å². The first-order valence-electron chi connectivity index (χ1n) is 5.70. The normalized spacial score (nSPS) is 11.1. The summed E-state index contributed by atoms with van der Waals surface area (Å²) in [6, 6.07) is 10.0. The van der Waals surface area contributed by atoms with Crippen molar-refractivity contribution >= 4 is 36.8 Å². The van der Waals surface area contributed by atoms with Crippen molar-refractivity contribution in [3.63, 3.8) is 0 Å². The van der Waals surface area contributed by atoms with Crippen LogP contribution in [0.4, 0.5) is 0 Å². The van der Waals surface area contributed by atoms with Gasteiger partial charge in [-0.3, -0.25) is 6.55 Å². The van der Waals surface area contributed by atoms with Crippen LogP contribution in [-0.2, 0) is 8.85 Å². The SMILES string of the molecule is [CH2-][Si](OC(C)C)(OC(C)C)c1ccccc1.[I-].[Mg+2]. The van der Waals surface area contributed by atoms with Gasteiger partial charge in [-0.2, -0.15) is 0 Å². The Morgan fingerprint density at radius 2 is 1.33 bits per heavy atom. The van der Waals surface area contributed by atoms with E-state index in [0.717, 1.165) is 5.19 Å². The molecule has 1 aromatic rings. The van der Waals surface area contributed by atoms with E-state index in [1.807, 2.05) is 58.0 Å². The Balaban J connectivity index is 0. The standard InChI is InChI=1S/C13H21O2Si.HI.Mg/c1-11(2)14-16(5,15-12(3)4)13-9-7-6-8-10-13;;/h6-12H,5H2,1-4H3;1H;/q-1;;+2/p-1. The molecular weight excluding hydrogens is 367 g/mol. The minimum absolute atomic E-state index is 0. The molecule has 0 saturated carbocycles. The Bertz CT molecular complexity index is 310. The summed E-state index contributed by atoms with van der Waals surface area (Å²) in [6.07, 6.45) is 0.256. The van der Waals surface area contributed by atoms with Crippen LogP contribution in [0.2, 0.25) is 0 Å². The molecule has 0 aliphatic heterocycles. The molecule has 0 aliphatic carbocycles. The molecule has 0 aliphatic rings. The van der Waals surface area contributed by atoms with Crippen molar-refractivity contribution < 1.29 is 32.8 Å². The fourth-order valence-electron chi connectivity index (χ4n) is 1.62. The van der Waals surface area contributed by atoms with Crippen LogP contribution in [-0.4, -0.2) is 43.8 Å². The van der Waals surface area contributed by atoms with Crippen molar-refractivity contribution in [1.82, 2.24) is 0 Å². The molecule has 5 heteroatoms. The minimum Gasteiger partial charge on any atom is -1.00 e. The number of halogens is 1. The molecule has 98 valence electrons. The first-order chi connectivity index (χ1) is 7.44. The summed E-state index contributed by atoms with van der Waals surface area (Å²) >= 11 is 0. The molecule has 0 spiro atoms. The largest absolute Gasteiger partial charge is 2.00 e. The van der Waals surface area contributed by atoms with E-state index in [2.05, 4.69) is 6.55 Å². The molecule has 0 unspecified atom stereocenters. The van der Waals surface area contributed by atoms with Crippen LogP contribution in [0.25, 0.3) is 0 Å². The second kappa shape index (κ2) is 9.71. The second-order valence-corrected chi connectivity index (χ2v) is 7.01. The molecule has 0 amide bonds. The van der Waals surface area contributed by atoms with E-state index in [9.17, 15) is 0 Å². The maximum Gasteiger partial charge on any atom is 2.00 e. The van der Waals surface area contributed by atoms with Gasteiger partial charge in [0.05, 0.1) is 0 Å². The van der Waals surface area contributed by atoms with E-state index in [-0.39, 0.29) is 59.2 Å². The summed E-state index contributed by atoms with van der Waals surface area (Å²) in [7, 11) is -2.50. The van der Waals surface area contributed by atoms with Gasteiger partial charge >= 0.3 is 23.1 Å². The van der Waals surface area contributed by atoms with Crippen molar-refractivity contribution in [2.75, 3.05) is 0 Å². The van der Waals surface area contributed by atoms with Gasteiger partial charge in [0, 0.05) is 12.2 Å². The maximum absolute atomic E-state index is 5.94. The molecule has 0 bridgehead atoms. The van der Waals surface area contributed by atoms with Crippen molar-refractivity contribution in [3.05, 3.63) is 36.9 Å². The van der Waals surface area contributed by atoms with E-state index in [1.165, 1.54) is 0 Å². The fraction of sp³-hybridized carbons (Fsp3) is 0.462. The molecule has 0 saturated heterocycles. The minimum atomic E-state index is -2.50. The molecule has 0 N–H and O–H groups in total. The first kappa shape index (κ1) is 21.2. The second-order valence-electron chi connectivity index (χ2n) is 4.45. The summed E-state index contributed by atoms with van der Waals surface area (Å²) in [5.41, 5.74) is 0. The van der Waals surface area contributed by atoms with Crippen LogP contribution >= 0.6 is 0 Å². The first-order valence-corrected chi connectivity index (χ1v) is 7.73. The van der Waals surface area contributed by atoms with Gasteiger partial charge in [0.1, 0.15) is 0 Å². The number of hydrogen-bond acceptors (Lipinski definition) is 2. The van der Waals surface area contributed by atoms with Gasteiger partial charge in [-0.25, -0.2) is 0 Å². The average Bonchev–Trinajstić information content (AvgIpc) is 2.16. The predicted molar refractivity (Wildman–Crippen MR) is 75.4 cm³/mol. The molecule has 2 nitrogen and oxygen atoms in total. The van der Waals surface area contributed by atoms with Crippen LogP contribution in [0.3, 0.4) is 0 Å². The Kier molecular flexibility index (Phi) is 11.4. The van der Waals surface area contributed by atoms with E-state index < -0.39 is 8.56 Å². The third kappa shape index (κ3) is 6.86. The third-order valence-corrected chi connectivity index (χ3v) is 4.98. The smallest absolute Gasteiger partial charge is 1.00 e. The zero-order chi connectivity index (χ0) is 12.2. The summed E-state index contributed by atoms with van der Waals surface area (Å²) in [4.78, 5) is 0. The van der Waals surface area contributed by atoms with Crippen LogP contribution in [0.1, 0.15) is 27.7 Å². The maximum atomic E-state index is 5.94. The summed E-state index contributed by atoms with van der Waals surface area (Å²) in [5.74, 6) is 0. The Morgan fingerprint density at radius 1 is 0.944 bits per heavy atom. The van der Waals surface area contributed by atoms with Gasteiger partial charge in [0.15, 0.2) is 0 Å². The molecule has 18 heavy (non-hydrogen) atoms. The van der Waals surface area contributed by atoms with Crippen molar-refractivity contribution in [1.29, 1.82) is 0 Å². The predicted octanol–water partition coefficient (Wildman–Crippen LogP) is -0.818. The molecule has 0 aromatic heterocycles. The molecule has 0 radical (unpaired) electrons. The average molecular weight is 389 g/mol. The topological polar surface area (TPSA) is 18.5 Å². The monoisotopic (exact) mass is 388 g/mol. The fourth-order valence-corrected chi connectivity index (χ4v) is 4.17. The van der Waals surface area contributed by atoms with E-state index in [0.29, 0.717) is 0 Å². The van der Waals surface area contributed by atoms with E-state index >= 15 is 0 Å². The molecule has 1 aromatic carbocycles. The van der Waals surface area contributed by atoms with Crippen LogP contribution < -0.4 is 29.2 Å². The quantitative estimate of drug-likeness (QED) is 0.373. The summed E-state index contributed by atoms with van der Waals surface area (Å²) in [5, 5.41) is 1.08. The van der Waals surface area contributed by atoms with Crippen LogP contribution in [0.5, 0.6) is 0 Å². The Hall–Kier alpha value is 0.853. The Labute approximate surface area is 145 Å². The number of rotatable bonds is 5. The molecule has 0 heterocycles. The molecular formula is C13H21IMgO2Si. The Morgan fingerprint density at radius 3 is 1.67 bits per heavy atom. The van der Waals surface area contributed by atoms with Gasteiger partial charge in [0.25, 0.3) is 0 Å². The van der Waals surface area contributed by atoms with Crippen molar-refractivity contribution in [2.24, 2.45) is 0 Å². The van der Waals surface area contributed by atoms with Crippen LogP contribution in [0, 0.1) is 6.55 Å². The van der Waals surface area contributed by atoms with Gasteiger partial charge in [-0.1, -0.05) is 30.3 Å². The molecule has 1 rings (SSSR count). The van der Waals surface area contributed by atoms with Gasteiger partial charge in [-0.15, -0.1) is 0 Å². The van der Waals surface area contributed by atoms with Crippen molar-refractivity contribution in [3.8, 4) is 0 Å². The summed E-state index contributed by atoms with van der Waals surface area (Å²) in [6.45, 7) is 12.3. The third-order valence-electron chi connectivity index (χ3n) is 2.07.